The van der Waals surface area contributed by atoms with E-state index in [1.807, 2.05) is 61.2 Å². The van der Waals surface area contributed by atoms with Gasteiger partial charge in [-0.2, -0.15) is 0 Å². The number of nitrogens with zero attached hydrogens (tertiary/aromatic N) is 1. The molecular formula is C24H28N2O5S. The molecule has 170 valence electrons. The van der Waals surface area contributed by atoms with Crippen LogP contribution in [0.15, 0.2) is 53.7 Å². The molecule has 2 aromatic rings. The number of hydrogen-bond acceptors (Lipinski definition) is 6. The third-order valence-corrected chi connectivity index (χ3v) is 5.50. The molecule has 7 nitrogen and oxygen atoms in total. The van der Waals surface area contributed by atoms with E-state index in [0.29, 0.717) is 34.5 Å². The lowest BCUT2D eigenvalue weighted by atomic mass is 9.94. The number of esters is 1. The highest BCUT2D eigenvalue weighted by atomic mass is 32.1. The van der Waals surface area contributed by atoms with Gasteiger partial charge in [0.05, 0.1) is 39.6 Å². The number of thiocarbonyl (C=S) groups is 1. The SMILES string of the molecule is CCCOc1cc([C@H]2NC(=S)N(c3ccc(OC)cc3)C(C)=C2C(=O)OC)ccc1OC. The lowest BCUT2D eigenvalue weighted by Gasteiger charge is -2.37. The molecule has 1 heterocycles. The molecule has 3 rings (SSSR count). The van der Waals surface area contributed by atoms with E-state index in [9.17, 15) is 4.79 Å². The van der Waals surface area contributed by atoms with Crippen molar-refractivity contribution in [1.29, 1.82) is 0 Å². The van der Waals surface area contributed by atoms with Gasteiger partial charge in [0.15, 0.2) is 16.6 Å². The molecule has 0 spiro atoms. The smallest absolute Gasteiger partial charge is 0.337 e. The van der Waals surface area contributed by atoms with Gasteiger partial charge in [-0.1, -0.05) is 13.0 Å². The van der Waals surface area contributed by atoms with Crippen LogP contribution in [0, 0.1) is 0 Å². The monoisotopic (exact) mass is 456 g/mol. The molecular weight excluding hydrogens is 428 g/mol. The van der Waals surface area contributed by atoms with Crippen molar-refractivity contribution in [3.05, 3.63) is 59.3 Å². The molecule has 1 aliphatic rings. The largest absolute Gasteiger partial charge is 0.497 e. The zero-order valence-corrected chi connectivity index (χ0v) is 19.7. The van der Waals surface area contributed by atoms with Crippen molar-refractivity contribution in [1.82, 2.24) is 5.32 Å². The Hall–Kier alpha value is -3.26. The average Bonchev–Trinajstić information content (AvgIpc) is 2.82. The summed E-state index contributed by atoms with van der Waals surface area (Å²) in [6, 6.07) is 12.5. The number of nitrogens with one attached hydrogen (secondary N) is 1. The van der Waals surface area contributed by atoms with E-state index in [4.69, 9.17) is 31.2 Å². The topological polar surface area (TPSA) is 69.3 Å². The second-order valence-electron chi connectivity index (χ2n) is 7.17. The Morgan fingerprint density at radius 3 is 2.38 bits per heavy atom. The van der Waals surface area contributed by atoms with Crippen LogP contribution in [0.3, 0.4) is 0 Å². The number of rotatable bonds is 8. The highest BCUT2D eigenvalue weighted by Crippen LogP contribution is 2.38. The zero-order chi connectivity index (χ0) is 23.3. The summed E-state index contributed by atoms with van der Waals surface area (Å²) in [5, 5.41) is 3.77. The molecule has 0 amide bonds. The first kappa shape index (κ1) is 23.4. The summed E-state index contributed by atoms with van der Waals surface area (Å²) in [6.07, 6.45) is 0.863. The Bertz CT molecular complexity index is 1020. The van der Waals surface area contributed by atoms with Gasteiger partial charge in [-0.15, -0.1) is 0 Å². The fourth-order valence-electron chi connectivity index (χ4n) is 3.61. The Morgan fingerprint density at radius 1 is 1.06 bits per heavy atom. The van der Waals surface area contributed by atoms with E-state index < -0.39 is 12.0 Å². The quantitative estimate of drug-likeness (QED) is 0.464. The molecule has 2 aromatic carbocycles. The van der Waals surface area contributed by atoms with Crippen LogP contribution >= 0.6 is 12.2 Å². The van der Waals surface area contributed by atoms with E-state index in [1.54, 1.807) is 14.2 Å². The maximum atomic E-state index is 12.9. The molecule has 0 fully saturated rings. The lowest BCUT2D eigenvalue weighted by Crippen LogP contribution is -2.48. The number of carbonyl (C=O) groups is 1. The Labute approximate surface area is 193 Å². The van der Waals surface area contributed by atoms with Gasteiger partial charge < -0.3 is 24.3 Å². The highest BCUT2D eigenvalue weighted by Gasteiger charge is 2.35. The van der Waals surface area contributed by atoms with Crippen LogP contribution in [0.1, 0.15) is 31.9 Å². The van der Waals surface area contributed by atoms with E-state index in [2.05, 4.69) is 5.32 Å². The Morgan fingerprint density at radius 2 is 1.78 bits per heavy atom. The van der Waals surface area contributed by atoms with Gasteiger partial charge in [-0.25, -0.2) is 4.79 Å². The van der Waals surface area contributed by atoms with Crippen LogP contribution in [-0.2, 0) is 9.53 Å². The van der Waals surface area contributed by atoms with Gasteiger partial charge in [0.1, 0.15) is 5.75 Å². The van der Waals surface area contributed by atoms with Gasteiger partial charge >= 0.3 is 5.97 Å². The first-order valence-corrected chi connectivity index (χ1v) is 10.7. The Balaban J connectivity index is 2.08. The fourth-order valence-corrected chi connectivity index (χ4v) is 3.97. The minimum absolute atomic E-state index is 0.437. The number of carbonyl (C=O) groups excluding carboxylic acids is 1. The second kappa shape index (κ2) is 10.4. The van der Waals surface area contributed by atoms with Gasteiger partial charge in [-0.05, 0) is 67.5 Å². The lowest BCUT2D eigenvalue weighted by molar-refractivity contribution is -0.136. The van der Waals surface area contributed by atoms with Gasteiger partial charge in [-0.3, -0.25) is 4.90 Å². The Kier molecular flexibility index (Phi) is 7.58. The minimum atomic E-state index is -0.501. The number of benzene rings is 2. The van der Waals surface area contributed by atoms with Crippen molar-refractivity contribution in [3.63, 3.8) is 0 Å². The molecule has 1 N–H and O–H groups in total. The molecule has 0 unspecified atom stereocenters. The van der Waals surface area contributed by atoms with Crippen molar-refractivity contribution in [2.24, 2.45) is 0 Å². The van der Waals surface area contributed by atoms with E-state index in [1.165, 1.54) is 7.11 Å². The van der Waals surface area contributed by atoms with Crippen molar-refractivity contribution < 1.29 is 23.7 Å². The molecule has 1 atom stereocenters. The maximum Gasteiger partial charge on any atom is 0.337 e. The van der Waals surface area contributed by atoms with Crippen LogP contribution in [0.25, 0.3) is 0 Å². The second-order valence-corrected chi connectivity index (χ2v) is 7.55. The summed E-state index contributed by atoms with van der Waals surface area (Å²) in [6.45, 7) is 4.45. The van der Waals surface area contributed by atoms with E-state index in [0.717, 1.165) is 23.4 Å². The van der Waals surface area contributed by atoms with Gasteiger partial charge in [0, 0.05) is 11.4 Å². The van der Waals surface area contributed by atoms with Crippen LogP contribution in [0.2, 0.25) is 0 Å². The molecule has 0 aromatic heterocycles. The predicted molar refractivity (Wildman–Crippen MR) is 127 cm³/mol. The van der Waals surface area contributed by atoms with Crippen molar-refractivity contribution in [2.45, 2.75) is 26.3 Å². The predicted octanol–water partition coefficient (Wildman–Crippen LogP) is 4.38. The molecule has 32 heavy (non-hydrogen) atoms. The number of allylic oxidation sites excluding steroid dienone is 1. The first-order chi connectivity index (χ1) is 15.4. The van der Waals surface area contributed by atoms with Crippen LogP contribution in [0.5, 0.6) is 17.2 Å². The normalized spacial score (nSPS) is 15.8. The van der Waals surface area contributed by atoms with Crippen molar-refractivity contribution in [3.8, 4) is 17.2 Å². The van der Waals surface area contributed by atoms with Crippen LogP contribution in [0.4, 0.5) is 5.69 Å². The summed E-state index contributed by atoms with van der Waals surface area (Å²) in [5.74, 6) is 1.53. The summed E-state index contributed by atoms with van der Waals surface area (Å²) in [5.41, 5.74) is 2.77. The standard InChI is InChI=1S/C24H28N2O5S/c1-6-13-31-20-14-16(7-12-19(20)29-4)22-21(23(27)30-5)15(2)26(24(32)25-22)17-8-10-18(28-3)11-9-17/h7-12,14,22H,6,13H2,1-5H3,(H,25,32)/t22-/m1/s1. The summed E-state index contributed by atoms with van der Waals surface area (Å²) in [7, 11) is 4.58. The van der Waals surface area contributed by atoms with Crippen molar-refractivity contribution >= 4 is 29.0 Å². The van der Waals surface area contributed by atoms with Crippen LogP contribution in [-0.4, -0.2) is 39.0 Å². The van der Waals surface area contributed by atoms with E-state index >= 15 is 0 Å². The summed E-state index contributed by atoms with van der Waals surface area (Å²) < 4.78 is 21.6. The first-order valence-electron chi connectivity index (χ1n) is 10.3. The molecule has 8 heteroatoms. The minimum Gasteiger partial charge on any atom is -0.497 e. The highest BCUT2D eigenvalue weighted by molar-refractivity contribution is 7.80. The number of ether oxygens (including phenoxy) is 4. The van der Waals surface area contributed by atoms with Gasteiger partial charge in [0.25, 0.3) is 0 Å². The summed E-state index contributed by atoms with van der Waals surface area (Å²) in [4.78, 5) is 14.7. The maximum absolute atomic E-state index is 12.9. The fraction of sp³-hybridized carbons (Fsp3) is 0.333. The molecule has 0 radical (unpaired) electrons. The molecule has 0 aliphatic carbocycles. The molecule has 1 aliphatic heterocycles. The number of anilines is 1. The third kappa shape index (κ3) is 4.65. The zero-order valence-electron chi connectivity index (χ0n) is 18.9. The number of hydrogen-bond donors (Lipinski definition) is 1. The van der Waals surface area contributed by atoms with E-state index in [-0.39, 0.29) is 0 Å². The molecule has 0 bridgehead atoms. The van der Waals surface area contributed by atoms with Crippen molar-refractivity contribution in [2.75, 3.05) is 32.8 Å². The number of methoxy groups -OCH3 is 3. The summed E-state index contributed by atoms with van der Waals surface area (Å²) >= 11 is 5.69. The molecule has 0 saturated carbocycles. The molecule has 0 saturated heterocycles. The van der Waals surface area contributed by atoms with Crippen LogP contribution < -0.4 is 24.4 Å². The van der Waals surface area contributed by atoms with Gasteiger partial charge in [0.2, 0.25) is 0 Å². The average molecular weight is 457 g/mol. The third-order valence-electron chi connectivity index (χ3n) is 5.20.